The van der Waals surface area contributed by atoms with Crippen LogP contribution in [0.3, 0.4) is 0 Å². The van der Waals surface area contributed by atoms with Gasteiger partial charge < -0.3 is 15.2 Å². The Hall–Kier alpha value is -3.65. The first-order valence-electron chi connectivity index (χ1n) is 12.6. The quantitative estimate of drug-likeness (QED) is 0.408. The summed E-state index contributed by atoms with van der Waals surface area (Å²) in [5, 5.41) is 17.4. The molecule has 1 aromatic heterocycles. The van der Waals surface area contributed by atoms with Gasteiger partial charge in [0.2, 0.25) is 0 Å². The van der Waals surface area contributed by atoms with Crippen LogP contribution in [-0.2, 0) is 10.2 Å². The van der Waals surface area contributed by atoms with E-state index in [0.717, 1.165) is 11.1 Å². The number of aromatic nitrogens is 2. The summed E-state index contributed by atoms with van der Waals surface area (Å²) in [7, 11) is 0. The molecule has 0 saturated heterocycles. The molecule has 2 aromatic carbocycles. The van der Waals surface area contributed by atoms with Crippen LogP contribution in [0.1, 0.15) is 68.4 Å². The van der Waals surface area contributed by atoms with Gasteiger partial charge >= 0.3 is 12.1 Å². The summed E-state index contributed by atoms with van der Waals surface area (Å²) in [6.45, 7) is 5.85. The van der Waals surface area contributed by atoms with Gasteiger partial charge in [0.05, 0.1) is 17.3 Å². The number of amides is 1. The molecule has 1 heterocycles. The van der Waals surface area contributed by atoms with Gasteiger partial charge in [-0.1, -0.05) is 35.9 Å². The van der Waals surface area contributed by atoms with Crippen molar-refractivity contribution >= 4 is 23.7 Å². The zero-order valence-corrected chi connectivity index (χ0v) is 22.5. The van der Waals surface area contributed by atoms with Crippen molar-refractivity contribution in [2.24, 2.45) is 0 Å². The van der Waals surface area contributed by atoms with E-state index in [0.29, 0.717) is 42.9 Å². The van der Waals surface area contributed by atoms with E-state index in [2.05, 4.69) is 10.4 Å². The van der Waals surface area contributed by atoms with Crippen LogP contribution in [-0.4, -0.2) is 39.1 Å². The Kier molecular flexibility index (Phi) is 7.92. The highest BCUT2D eigenvalue weighted by atomic mass is 35.5. The molecule has 1 aliphatic carbocycles. The average Bonchev–Trinajstić information content (AvgIpc) is 2.87. The molecule has 1 amide bonds. The average molecular weight is 538 g/mol. The number of alkyl carbamates (subject to hydrolysis) is 1. The monoisotopic (exact) mass is 537 g/mol. The Morgan fingerprint density at radius 3 is 2.39 bits per heavy atom. The number of carboxylic acids is 1. The second kappa shape index (κ2) is 11.0. The normalized spacial score (nSPS) is 19.5. The molecule has 8 nitrogen and oxygen atoms in total. The second-order valence-electron chi connectivity index (χ2n) is 10.8. The number of nitrogens with zero attached hydrogens (tertiary/aromatic N) is 2. The molecule has 0 spiro atoms. The van der Waals surface area contributed by atoms with Gasteiger partial charge in [-0.05, 0) is 82.3 Å². The predicted octanol–water partition coefficient (Wildman–Crippen LogP) is 5.84. The third-order valence-electron chi connectivity index (χ3n) is 6.92. The van der Waals surface area contributed by atoms with Gasteiger partial charge in [-0.2, -0.15) is 5.10 Å². The molecule has 4 rings (SSSR count). The molecule has 0 unspecified atom stereocenters. The lowest BCUT2D eigenvalue weighted by molar-refractivity contribution is 0.0503. The predicted molar refractivity (Wildman–Crippen MR) is 146 cm³/mol. The van der Waals surface area contributed by atoms with Crippen LogP contribution in [0, 0.1) is 0 Å². The highest BCUT2D eigenvalue weighted by molar-refractivity contribution is 6.30. The van der Waals surface area contributed by atoms with Crippen molar-refractivity contribution < 1.29 is 19.4 Å². The second-order valence-corrected chi connectivity index (χ2v) is 11.2. The maximum Gasteiger partial charge on any atom is 0.407 e. The molecule has 1 saturated carbocycles. The largest absolute Gasteiger partial charge is 0.478 e. The van der Waals surface area contributed by atoms with E-state index >= 15 is 0 Å². The third-order valence-corrected chi connectivity index (χ3v) is 7.15. The smallest absolute Gasteiger partial charge is 0.407 e. The Morgan fingerprint density at radius 1 is 1.11 bits per heavy atom. The molecule has 0 atom stereocenters. The van der Waals surface area contributed by atoms with Crippen molar-refractivity contribution in [2.75, 3.05) is 6.54 Å². The van der Waals surface area contributed by atoms with E-state index in [1.807, 2.05) is 45.0 Å². The van der Waals surface area contributed by atoms with E-state index in [1.165, 1.54) is 22.9 Å². The molecule has 0 bridgehead atoms. The number of hydrogen-bond donors (Lipinski definition) is 2. The van der Waals surface area contributed by atoms with Crippen LogP contribution in [0.2, 0.25) is 5.02 Å². The highest BCUT2D eigenvalue weighted by Crippen LogP contribution is 2.43. The van der Waals surface area contributed by atoms with Gasteiger partial charge in [-0.3, -0.25) is 4.79 Å². The molecule has 0 aliphatic heterocycles. The van der Waals surface area contributed by atoms with Crippen molar-refractivity contribution in [1.82, 2.24) is 15.1 Å². The minimum absolute atomic E-state index is 0.116. The maximum absolute atomic E-state index is 12.8. The summed E-state index contributed by atoms with van der Waals surface area (Å²) in [6.07, 6.45) is 2.30. The first-order chi connectivity index (χ1) is 18.0. The Bertz CT molecular complexity index is 1370. The van der Waals surface area contributed by atoms with Crippen LogP contribution < -0.4 is 10.9 Å². The van der Waals surface area contributed by atoms with Crippen LogP contribution in [0.25, 0.3) is 11.3 Å². The number of carbonyl (C=O) groups is 2. The number of ether oxygens (including phenoxy) is 1. The fourth-order valence-corrected chi connectivity index (χ4v) is 5.16. The first kappa shape index (κ1) is 27.4. The first-order valence-corrected chi connectivity index (χ1v) is 13.0. The molecular weight excluding hydrogens is 506 g/mol. The van der Waals surface area contributed by atoms with Crippen molar-refractivity contribution in [3.8, 4) is 11.3 Å². The summed E-state index contributed by atoms with van der Waals surface area (Å²) < 4.78 is 6.98. The molecule has 200 valence electrons. The summed E-state index contributed by atoms with van der Waals surface area (Å²) in [4.78, 5) is 36.4. The lowest BCUT2D eigenvalue weighted by Crippen LogP contribution is -2.45. The Balaban J connectivity index is 1.56. The summed E-state index contributed by atoms with van der Waals surface area (Å²) in [5.41, 5.74) is 1.39. The van der Waals surface area contributed by atoms with E-state index in [9.17, 15) is 14.4 Å². The standard InChI is InChI=1S/C29H32ClN3O5/c1-28(2,3)38-27(37)31-18-29(21-5-4-6-22(30)17-21)15-13-23(14-16-29)33-25(34)12-11-24(32-33)19-7-9-20(10-8-19)26(35)36/h4-12,17,23H,13-16,18H2,1-3H3,(H,31,37)(H,35,36). The van der Waals surface area contributed by atoms with Crippen molar-refractivity contribution in [2.45, 2.75) is 63.5 Å². The topological polar surface area (TPSA) is 111 Å². The Labute approximate surface area is 226 Å². The minimum atomic E-state index is -0.999. The van der Waals surface area contributed by atoms with Gasteiger partial charge in [0.15, 0.2) is 0 Å². The number of aromatic carboxylic acids is 1. The number of hydrogen-bond acceptors (Lipinski definition) is 5. The Morgan fingerprint density at radius 2 is 1.79 bits per heavy atom. The van der Waals surface area contributed by atoms with Gasteiger partial charge in [0.1, 0.15) is 5.60 Å². The SMILES string of the molecule is CC(C)(C)OC(=O)NCC1(c2cccc(Cl)c2)CCC(n2nc(-c3ccc(C(=O)O)cc3)ccc2=O)CC1. The minimum Gasteiger partial charge on any atom is -0.478 e. The number of carboxylic acid groups (broad SMARTS) is 1. The molecular formula is C29H32ClN3O5. The fraction of sp³-hybridized carbons (Fsp3) is 0.379. The van der Waals surface area contributed by atoms with E-state index in [4.69, 9.17) is 21.4 Å². The molecule has 0 radical (unpaired) electrons. The maximum atomic E-state index is 12.8. The van der Waals surface area contributed by atoms with Crippen molar-refractivity contribution in [3.05, 3.63) is 87.2 Å². The van der Waals surface area contributed by atoms with E-state index in [1.54, 1.807) is 18.2 Å². The number of rotatable bonds is 6. The van der Waals surface area contributed by atoms with E-state index in [-0.39, 0.29) is 22.6 Å². The summed E-state index contributed by atoms with van der Waals surface area (Å²) in [6, 6.07) is 17.1. The van der Waals surface area contributed by atoms with E-state index < -0.39 is 17.7 Å². The van der Waals surface area contributed by atoms with Gasteiger partial charge in [-0.15, -0.1) is 0 Å². The molecule has 1 aliphatic rings. The van der Waals surface area contributed by atoms with Gasteiger partial charge in [0.25, 0.3) is 5.56 Å². The summed E-state index contributed by atoms with van der Waals surface area (Å²) in [5.74, 6) is -0.999. The van der Waals surface area contributed by atoms with Crippen LogP contribution in [0.15, 0.2) is 65.5 Å². The zero-order valence-electron chi connectivity index (χ0n) is 21.7. The van der Waals surface area contributed by atoms with Crippen LogP contribution >= 0.6 is 11.6 Å². The number of nitrogens with one attached hydrogen (secondary N) is 1. The van der Waals surface area contributed by atoms with Crippen LogP contribution in [0.5, 0.6) is 0 Å². The lowest BCUT2D eigenvalue weighted by Gasteiger charge is -2.41. The number of benzene rings is 2. The third kappa shape index (κ3) is 6.42. The number of carbonyl (C=O) groups excluding carboxylic acids is 1. The molecule has 2 N–H and O–H groups in total. The lowest BCUT2D eigenvalue weighted by atomic mass is 9.68. The molecule has 38 heavy (non-hydrogen) atoms. The van der Waals surface area contributed by atoms with Gasteiger partial charge in [-0.25, -0.2) is 14.3 Å². The highest BCUT2D eigenvalue weighted by Gasteiger charge is 2.39. The fourth-order valence-electron chi connectivity index (χ4n) is 4.97. The zero-order chi connectivity index (χ0) is 27.5. The summed E-state index contributed by atoms with van der Waals surface area (Å²) >= 11 is 6.32. The van der Waals surface area contributed by atoms with Crippen molar-refractivity contribution in [1.29, 1.82) is 0 Å². The molecule has 3 aromatic rings. The molecule has 1 fully saturated rings. The number of halogens is 1. The molecule has 9 heteroatoms. The van der Waals surface area contributed by atoms with Crippen LogP contribution in [0.4, 0.5) is 4.79 Å². The van der Waals surface area contributed by atoms with Crippen molar-refractivity contribution in [3.63, 3.8) is 0 Å². The van der Waals surface area contributed by atoms with Gasteiger partial charge in [0, 0.05) is 28.6 Å².